The molecule has 2 aliphatic rings. The van der Waals surface area contributed by atoms with Crippen LogP contribution in [-0.2, 0) is 6.54 Å². The van der Waals surface area contributed by atoms with Gasteiger partial charge in [-0.3, -0.25) is 4.90 Å². The van der Waals surface area contributed by atoms with Crippen LogP contribution >= 0.6 is 0 Å². The Morgan fingerprint density at radius 1 is 1.24 bits per heavy atom. The van der Waals surface area contributed by atoms with E-state index in [4.69, 9.17) is 0 Å². The molecule has 2 fully saturated rings. The maximum atomic E-state index is 12.5. The zero-order valence-corrected chi connectivity index (χ0v) is 18.4. The Labute approximate surface area is 194 Å². The van der Waals surface area contributed by atoms with Crippen molar-refractivity contribution in [3.05, 3.63) is 47.8 Å². The number of aromatic nitrogens is 3. The van der Waals surface area contributed by atoms with Gasteiger partial charge in [-0.25, -0.2) is 4.79 Å². The van der Waals surface area contributed by atoms with Crippen molar-refractivity contribution in [2.45, 2.75) is 32.0 Å². The summed E-state index contributed by atoms with van der Waals surface area (Å²) in [4.78, 5) is 16.3. The molecule has 0 saturated carbocycles. The van der Waals surface area contributed by atoms with E-state index < -0.39 is 12.6 Å². The lowest BCUT2D eigenvalue weighted by Crippen LogP contribution is -2.39. The number of alkyl halides is 3. The Bertz CT molecular complexity index is 951. The first-order chi connectivity index (χ1) is 16.3. The number of nitrogens with one attached hydrogen (secondary N) is 2. The van der Waals surface area contributed by atoms with Crippen LogP contribution in [0.4, 0.5) is 18.0 Å². The van der Waals surface area contributed by atoms with Gasteiger partial charge in [0.25, 0.3) is 0 Å². The van der Waals surface area contributed by atoms with Crippen molar-refractivity contribution in [3.63, 3.8) is 0 Å². The third-order valence-electron chi connectivity index (χ3n) is 6.27. The molecule has 2 amide bonds. The number of aliphatic hydroxyl groups is 1. The molecule has 1 aromatic carbocycles. The molecule has 9 nitrogen and oxygen atoms in total. The van der Waals surface area contributed by atoms with Gasteiger partial charge in [0, 0.05) is 26.2 Å². The van der Waals surface area contributed by atoms with E-state index in [1.165, 1.54) is 24.3 Å². The van der Waals surface area contributed by atoms with Crippen molar-refractivity contribution in [2.75, 3.05) is 26.2 Å². The summed E-state index contributed by atoms with van der Waals surface area (Å²) in [5, 5.41) is 23.6. The minimum atomic E-state index is -4.72. The Balaban J connectivity index is 1.24. The predicted molar refractivity (Wildman–Crippen MR) is 116 cm³/mol. The van der Waals surface area contributed by atoms with E-state index in [-0.39, 0.29) is 11.8 Å². The third kappa shape index (κ3) is 6.48. The molecule has 0 spiro atoms. The molecule has 2 aliphatic heterocycles. The lowest BCUT2D eigenvalue weighted by molar-refractivity contribution is -0.274. The Hall–Kier alpha value is -3.12. The number of ether oxygens (including phenoxy) is 1. The number of hydrogen-bond donors (Lipinski definition) is 3. The Morgan fingerprint density at radius 3 is 2.50 bits per heavy atom. The van der Waals surface area contributed by atoms with Crippen molar-refractivity contribution >= 4 is 12.1 Å². The number of H-pyrrole nitrogens is 1. The molecule has 1 aromatic heterocycles. The fourth-order valence-corrected chi connectivity index (χ4v) is 4.49. The predicted octanol–water partition coefficient (Wildman–Crippen LogP) is 2.59. The number of hydrogen-bond acceptors (Lipinski definition) is 6. The summed E-state index contributed by atoms with van der Waals surface area (Å²) < 4.78 is 40.7. The molecule has 184 valence electrons. The van der Waals surface area contributed by atoms with E-state index in [1.807, 2.05) is 9.80 Å². The number of benzene rings is 1. The number of fused-ring (bicyclic) bond motifs is 1. The van der Waals surface area contributed by atoms with Crippen LogP contribution in [0.2, 0.25) is 0 Å². The normalized spacial score (nSPS) is 22.4. The van der Waals surface area contributed by atoms with Crippen molar-refractivity contribution in [3.8, 4) is 5.75 Å². The van der Waals surface area contributed by atoms with Gasteiger partial charge >= 0.3 is 12.4 Å². The van der Waals surface area contributed by atoms with Crippen molar-refractivity contribution in [1.82, 2.24) is 30.5 Å². The highest BCUT2D eigenvalue weighted by Gasteiger charge is 2.37. The van der Waals surface area contributed by atoms with Crippen LogP contribution in [-0.4, -0.2) is 75.1 Å². The molecule has 0 aliphatic carbocycles. The van der Waals surface area contributed by atoms with Gasteiger partial charge in [0.1, 0.15) is 17.7 Å². The number of rotatable bonds is 6. The lowest BCUT2D eigenvalue weighted by atomic mass is 9.92. The lowest BCUT2D eigenvalue weighted by Gasteiger charge is -2.25. The van der Waals surface area contributed by atoms with Crippen LogP contribution in [0.25, 0.3) is 6.08 Å². The Kier molecular flexibility index (Phi) is 7.37. The highest BCUT2D eigenvalue weighted by molar-refractivity contribution is 5.74. The summed E-state index contributed by atoms with van der Waals surface area (Å²) in [7, 11) is 0. The monoisotopic (exact) mass is 480 g/mol. The van der Waals surface area contributed by atoms with Crippen molar-refractivity contribution in [1.29, 1.82) is 0 Å². The molecule has 3 heterocycles. The fourth-order valence-electron chi connectivity index (χ4n) is 4.49. The molecule has 0 radical (unpaired) electrons. The summed E-state index contributed by atoms with van der Waals surface area (Å²) in [5.74, 6) is 0.463. The highest BCUT2D eigenvalue weighted by Crippen LogP contribution is 2.32. The molecular formula is C22H27F3N6O3. The summed E-state index contributed by atoms with van der Waals surface area (Å²) in [6.45, 7) is 3.08. The highest BCUT2D eigenvalue weighted by atomic mass is 19.4. The van der Waals surface area contributed by atoms with E-state index in [2.05, 4.69) is 25.5 Å². The number of amides is 2. The van der Waals surface area contributed by atoms with Gasteiger partial charge in [-0.1, -0.05) is 18.2 Å². The summed E-state index contributed by atoms with van der Waals surface area (Å²) in [6, 6.07) is 5.36. The van der Waals surface area contributed by atoms with E-state index >= 15 is 0 Å². The van der Waals surface area contributed by atoms with E-state index in [0.717, 1.165) is 12.8 Å². The average Bonchev–Trinajstić information content (AvgIpc) is 3.42. The first kappa shape index (κ1) is 24.0. The number of carbonyl (C=O) groups is 1. The van der Waals surface area contributed by atoms with E-state index in [0.29, 0.717) is 55.8 Å². The number of nitrogens with zero attached hydrogens (tertiary/aromatic N) is 4. The second kappa shape index (κ2) is 10.4. The number of aliphatic hydroxyl groups excluding tert-OH is 1. The number of aromatic amines is 1. The van der Waals surface area contributed by atoms with Crippen LogP contribution < -0.4 is 10.1 Å². The van der Waals surface area contributed by atoms with E-state index in [1.54, 1.807) is 18.3 Å². The van der Waals surface area contributed by atoms with Crippen LogP contribution in [0.3, 0.4) is 0 Å². The summed E-state index contributed by atoms with van der Waals surface area (Å²) in [6.07, 6.45) is 1.08. The maximum Gasteiger partial charge on any atom is 0.573 e. The smallest absolute Gasteiger partial charge is 0.406 e. The summed E-state index contributed by atoms with van der Waals surface area (Å²) >= 11 is 0. The molecule has 34 heavy (non-hydrogen) atoms. The topological polar surface area (TPSA) is 107 Å². The van der Waals surface area contributed by atoms with Gasteiger partial charge in [0.05, 0.1) is 12.7 Å². The van der Waals surface area contributed by atoms with Crippen LogP contribution in [0, 0.1) is 11.8 Å². The van der Waals surface area contributed by atoms with Gasteiger partial charge in [-0.05, 0) is 48.4 Å². The third-order valence-corrected chi connectivity index (χ3v) is 6.27. The molecule has 2 saturated heterocycles. The number of carbonyl (C=O) groups excluding carboxylic acids is 1. The molecular weight excluding hydrogens is 453 g/mol. The maximum absolute atomic E-state index is 12.5. The number of likely N-dealkylation sites (tertiary alicyclic amines) is 2. The first-order valence-corrected chi connectivity index (χ1v) is 11.1. The Morgan fingerprint density at radius 2 is 1.91 bits per heavy atom. The molecule has 0 bridgehead atoms. The quantitative estimate of drug-likeness (QED) is 0.587. The van der Waals surface area contributed by atoms with Crippen LogP contribution in [0.15, 0.2) is 36.5 Å². The molecule has 3 atom stereocenters. The molecule has 3 N–H and O–H groups in total. The van der Waals surface area contributed by atoms with Gasteiger partial charge in [-0.15, -0.1) is 13.2 Å². The second-order valence-electron chi connectivity index (χ2n) is 8.55. The number of urea groups is 1. The van der Waals surface area contributed by atoms with Crippen LogP contribution in [0.5, 0.6) is 5.75 Å². The van der Waals surface area contributed by atoms with Crippen molar-refractivity contribution < 1.29 is 27.8 Å². The van der Waals surface area contributed by atoms with Crippen molar-refractivity contribution in [2.24, 2.45) is 11.8 Å². The zero-order valence-electron chi connectivity index (χ0n) is 18.4. The van der Waals surface area contributed by atoms with Gasteiger partial charge < -0.3 is 20.1 Å². The largest absolute Gasteiger partial charge is 0.573 e. The van der Waals surface area contributed by atoms with Gasteiger partial charge in [0.2, 0.25) is 0 Å². The summed E-state index contributed by atoms with van der Waals surface area (Å²) in [5.41, 5.74) is 1.33. The van der Waals surface area contributed by atoms with Crippen LogP contribution in [0.1, 0.15) is 24.1 Å². The standard InChI is InChI=1S/C22H27F3N6O3/c23-22(24,25)34-19-4-1-15(2-5-19)3-6-20(32)30-9-7-16-13-31(14-17(16)8-10-30)21(33)26-11-18-12-27-29-28-18/h1-6,12,16-17,20,32H,7-11,13-14H2,(H,26,33)(H,27,28,29)/b6-3+/t16-,17?,20?/m1/s1. The van der Waals surface area contributed by atoms with E-state index in [9.17, 15) is 23.1 Å². The molecule has 12 heteroatoms. The second-order valence-corrected chi connectivity index (χ2v) is 8.55. The minimum Gasteiger partial charge on any atom is -0.406 e. The average molecular weight is 480 g/mol. The number of halogens is 3. The SMILES string of the molecule is O=C(NCc1cn[nH]n1)N1CC2CCN(C(O)/C=C/c3ccc(OC(F)(F)F)cc3)CC[C@@H]2C1. The molecule has 2 aromatic rings. The first-order valence-electron chi connectivity index (χ1n) is 11.1. The molecule has 2 unspecified atom stereocenters. The fraction of sp³-hybridized carbons (Fsp3) is 0.500. The zero-order chi connectivity index (χ0) is 24.1. The van der Waals surface area contributed by atoms with Gasteiger partial charge in [-0.2, -0.15) is 15.4 Å². The molecule has 4 rings (SSSR count). The van der Waals surface area contributed by atoms with Gasteiger partial charge in [0.15, 0.2) is 0 Å². The minimum absolute atomic E-state index is 0.109.